The molecule has 0 spiro atoms. The van der Waals surface area contributed by atoms with Gasteiger partial charge in [0.2, 0.25) is 0 Å². The lowest BCUT2D eigenvalue weighted by molar-refractivity contribution is 0.590. The fourth-order valence-electron chi connectivity index (χ4n) is 17.4. The van der Waals surface area contributed by atoms with Crippen LogP contribution in [0.3, 0.4) is 0 Å². The molecule has 0 bridgehead atoms. The van der Waals surface area contributed by atoms with Gasteiger partial charge in [-0.05, 0) is 237 Å². The first-order valence-corrected chi connectivity index (χ1v) is 43.8. The molecule has 0 fully saturated rings. The molecule has 18 aromatic rings. The minimum absolute atomic E-state index is 0.0107. The molecule has 0 N–H and O–H groups in total. The summed E-state index contributed by atoms with van der Waals surface area (Å²) in [6.07, 6.45) is 0. The predicted octanol–water partition coefficient (Wildman–Crippen LogP) is 35.0. The quantitative estimate of drug-likeness (QED) is 0.0706. The van der Waals surface area contributed by atoms with Gasteiger partial charge >= 0.3 is 0 Å². The second-order valence-electron chi connectivity index (χ2n) is 37.8. The summed E-state index contributed by atoms with van der Waals surface area (Å²) in [5.41, 5.74) is 33.1. The predicted molar refractivity (Wildman–Crippen MR) is 537 cm³/mol. The Morgan fingerprint density at radius 2 is 0.298 bits per heavy atom. The van der Waals surface area contributed by atoms with E-state index in [0.717, 1.165) is 68.2 Å². The average molecular weight is 1610 g/mol. The first-order valence-electron chi connectivity index (χ1n) is 43.8. The van der Waals surface area contributed by atoms with Crippen LogP contribution in [0.2, 0.25) is 0 Å². The first-order chi connectivity index (χ1) is 59.7. The van der Waals surface area contributed by atoms with E-state index in [4.69, 9.17) is 0 Å². The maximum Gasteiger partial charge on any atom is 0.0620 e. The van der Waals surface area contributed by atoms with Crippen molar-refractivity contribution in [2.45, 2.75) is 132 Å². The standard InChI is InChI=1S/C66H68N2.C54H44N2/c1-63(2,3)49-25-33-53(34-26-49)67(54-35-27-50(28-36-54)64(4,5)6)61-57-41-23-48(46-21-17-14-18-22-46)44-60(57)62(58-42-24-47(43-59(58)61)45-19-15-13-16-20-45)68(55-37-29-51(30-38-55)65(7,8)9)56-39-31-52(32-40-56)66(10,11)12;1-37-15-25-45(26-16-37)55(46-27-17-38(2)18-28-46)53-49-33-23-44(42-13-9-6-10-14-42)36-52(49)54(50-34-24-43(35-51(50)53)41-11-7-5-8-12-41)56(47-29-19-39(3)20-30-47)48-31-21-40(4)22-32-48/h13-44H,1-12H3;5-36H,1-4H3. The van der Waals surface area contributed by atoms with Crippen LogP contribution in [-0.4, -0.2) is 0 Å². The van der Waals surface area contributed by atoms with Crippen molar-refractivity contribution in [3.63, 3.8) is 0 Å². The number of anilines is 12. The van der Waals surface area contributed by atoms with Gasteiger partial charge in [-0.3, -0.25) is 0 Å². The molecule has 0 radical (unpaired) electrons. The van der Waals surface area contributed by atoms with Gasteiger partial charge in [-0.1, -0.05) is 372 Å². The van der Waals surface area contributed by atoms with Gasteiger partial charge in [0, 0.05) is 88.6 Å². The largest absolute Gasteiger partial charge is 0.309 e. The van der Waals surface area contributed by atoms with Gasteiger partial charge in [-0.15, -0.1) is 0 Å². The molecule has 0 aliphatic rings. The van der Waals surface area contributed by atoms with Crippen molar-refractivity contribution in [3.05, 3.63) is 433 Å². The summed E-state index contributed by atoms with van der Waals surface area (Å²) in [4.78, 5) is 9.97. The number of fused-ring (bicyclic) bond motifs is 4. The van der Waals surface area contributed by atoms with Gasteiger partial charge in [0.05, 0.1) is 22.7 Å². The van der Waals surface area contributed by atoms with Crippen LogP contribution < -0.4 is 19.6 Å². The van der Waals surface area contributed by atoms with E-state index in [1.54, 1.807) is 0 Å². The number of aryl methyl sites for hydroxylation is 4. The molecule has 0 amide bonds. The van der Waals surface area contributed by atoms with E-state index in [0.29, 0.717) is 0 Å². The zero-order valence-corrected chi connectivity index (χ0v) is 74.7. The third-order valence-electron chi connectivity index (χ3n) is 24.6. The van der Waals surface area contributed by atoms with Crippen LogP contribution in [0.15, 0.2) is 388 Å². The van der Waals surface area contributed by atoms with Crippen LogP contribution in [0, 0.1) is 27.7 Å². The van der Waals surface area contributed by atoms with Crippen molar-refractivity contribution in [3.8, 4) is 44.5 Å². The van der Waals surface area contributed by atoms with Crippen LogP contribution in [0.1, 0.15) is 128 Å². The molecule has 4 nitrogen and oxygen atoms in total. The SMILES string of the molecule is CC(C)(C)c1ccc(N(c2ccc(C(C)(C)C)cc2)c2c3ccc(-c4ccccc4)cc3c(N(c3ccc(C(C)(C)C)cc3)c3ccc(C(C)(C)C)cc3)c3ccc(-c4ccccc4)cc23)cc1.Cc1ccc(N(c2ccc(C)cc2)c2c3ccc(-c4ccccc4)cc3c(N(c3ccc(C)cc3)c3ccc(C)cc3)c3ccc(-c4ccccc4)cc23)cc1. The number of benzene rings is 18. The van der Waals surface area contributed by atoms with Crippen LogP contribution in [0.5, 0.6) is 0 Å². The van der Waals surface area contributed by atoms with Crippen LogP contribution in [0.25, 0.3) is 87.6 Å². The Kier molecular flexibility index (Phi) is 22.6. The molecule has 18 rings (SSSR count). The fraction of sp³-hybridized carbons (Fsp3) is 0.167. The Bertz CT molecular complexity index is 6190. The van der Waals surface area contributed by atoms with Crippen molar-refractivity contribution in [2.24, 2.45) is 0 Å². The van der Waals surface area contributed by atoms with E-state index < -0.39 is 0 Å². The maximum absolute atomic E-state index is 2.52. The van der Waals surface area contributed by atoms with E-state index in [9.17, 15) is 0 Å². The summed E-state index contributed by atoms with van der Waals surface area (Å²) in [7, 11) is 0. The highest BCUT2D eigenvalue weighted by Gasteiger charge is 2.31. The van der Waals surface area contributed by atoms with Crippen molar-refractivity contribution in [1.82, 2.24) is 0 Å². The maximum atomic E-state index is 2.52. The molecule has 0 aliphatic carbocycles. The van der Waals surface area contributed by atoms with Crippen molar-refractivity contribution >= 4 is 111 Å². The fourth-order valence-corrected chi connectivity index (χ4v) is 17.4. The molecule has 0 saturated heterocycles. The van der Waals surface area contributed by atoms with Gasteiger partial charge in [-0.2, -0.15) is 0 Å². The second kappa shape index (κ2) is 33.9. The summed E-state index contributed by atoms with van der Waals surface area (Å²) in [5, 5.41) is 9.36. The van der Waals surface area contributed by atoms with Crippen LogP contribution in [0.4, 0.5) is 68.2 Å². The smallest absolute Gasteiger partial charge is 0.0620 e. The van der Waals surface area contributed by atoms with Crippen molar-refractivity contribution < 1.29 is 0 Å². The summed E-state index contributed by atoms with van der Waals surface area (Å²) < 4.78 is 0. The molecule has 0 aromatic heterocycles. The normalized spacial score (nSPS) is 11.9. The van der Waals surface area contributed by atoms with Gasteiger partial charge in [0.15, 0.2) is 0 Å². The summed E-state index contributed by atoms with van der Waals surface area (Å²) >= 11 is 0. The monoisotopic (exact) mass is 1610 g/mol. The highest BCUT2D eigenvalue weighted by molar-refractivity contribution is 6.26. The Morgan fingerprint density at radius 1 is 0.145 bits per heavy atom. The number of hydrogen-bond donors (Lipinski definition) is 0. The summed E-state index contributed by atoms with van der Waals surface area (Å²) in [6, 6.07) is 144. The highest BCUT2D eigenvalue weighted by atomic mass is 15.2. The Balaban J connectivity index is 0.000000179. The first kappa shape index (κ1) is 82.5. The summed E-state index contributed by atoms with van der Waals surface area (Å²) in [5.74, 6) is 0. The third kappa shape index (κ3) is 17.0. The Labute approximate surface area is 735 Å². The Morgan fingerprint density at radius 3 is 0.452 bits per heavy atom. The van der Waals surface area contributed by atoms with Crippen LogP contribution >= 0.6 is 0 Å². The number of hydrogen-bond acceptors (Lipinski definition) is 4. The highest BCUT2D eigenvalue weighted by Crippen LogP contribution is 2.56. The van der Waals surface area contributed by atoms with Crippen molar-refractivity contribution in [2.75, 3.05) is 19.6 Å². The van der Waals surface area contributed by atoms with E-state index in [1.165, 1.54) is 132 Å². The molecule has 0 unspecified atom stereocenters. The number of nitrogens with zero attached hydrogens (tertiary/aromatic N) is 4. The van der Waals surface area contributed by atoms with E-state index in [2.05, 4.69) is 519 Å². The van der Waals surface area contributed by atoms with Crippen molar-refractivity contribution in [1.29, 1.82) is 0 Å². The molecule has 4 heteroatoms. The van der Waals surface area contributed by atoms with Gasteiger partial charge in [0.1, 0.15) is 0 Å². The molecular formula is C120H112N4. The second-order valence-corrected chi connectivity index (χ2v) is 37.8. The Hall–Kier alpha value is -13.8. The molecule has 0 heterocycles. The molecule has 0 atom stereocenters. The molecule has 18 aromatic carbocycles. The molecular weight excluding hydrogens is 1500 g/mol. The van der Waals surface area contributed by atoms with Gasteiger partial charge in [0.25, 0.3) is 0 Å². The third-order valence-corrected chi connectivity index (χ3v) is 24.6. The van der Waals surface area contributed by atoms with E-state index in [1.807, 2.05) is 0 Å². The molecule has 0 saturated carbocycles. The average Bonchev–Trinajstić information content (AvgIpc) is 0.719. The lowest BCUT2D eigenvalue weighted by atomic mass is 9.86. The van der Waals surface area contributed by atoms with Gasteiger partial charge < -0.3 is 19.6 Å². The molecule has 0 aliphatic heterocycles. The molecule has 124 heavy (non-hydrogen) atoms. The molecule has 612 valence electrons. The van der Waals surface area contributed by atoms with Gasteiger partial charge in [-0.25, -0.2) is 0 Å². The zero-order valence-electron chi connectivity index (χ0n) is 74.7. The lowest BCUT2D eigenvalue weighted by Crippen LogP contribution is -2.17. The zero-order chi connectivity index (χ0) is 86.3. The van der Waals surface area contributed by atoms with E-state index in [-0.39, 0.29) is 21.7 Å². The lowest BCUT2D eigenvalue weighted by Gasteiger charge is -2.34. The minimum atomic E-state index is 0.0107. The topological polar surface area (TPSA) is 13.0 Å². The van der Waals surface area contributed by atoms with Crippen LogP contribution in [-0.2, 0) is 21.7 Å². The minimum Gasteiger partial charge on any atom is -0.309 e. The number of rotatable bonds is 16. The van der Waals surface area contributed by atoms with E-state index >= 15 is 0 Å². The summed E-state index contributed by atoms with van der Waals surface area (Å²) in [6.45, 7) is 36.1.